The van der Waals surface area contributed by atoms with Gasteiger partial charge in [0.1, 0.15) is 5.78 Å². The van der Waals surface area contributed by atoms with Gasteiger partial charge < -0.3 is 20.1 Å². The van der Waals surface area contributed by atoms with Crippen molar-refractivity contribution < 1.29 is 24.9 Å². The fourth-order valence-electron chi connectivity index (χ4n) is 4.54. The van der Waals surface area contributed by atoms with E-state index in [-0.39, 0.29) is 24.2 Å². The lowest BCUT2D eigenvalue weighted by Gasteiger charge is -2.35. The molecule has 1 aromatic heterocycles. The molecule has 0 aliphatic carbocycles. The fourth-order valence-corrected chi connectivity index (χ4v) is 5.11. The Morgan fingerprint density at radius 1 is 1.24 bits per heavy atom. The Kier molecular flexibility index (Phi) is 10.6. The number of allylic oxidation sites excluding steroid dienone is 1. The molecule has 1 aliphatic heterocycles. The number of ketones is 1. The number of aromatic nitrogens is 1. The maximum Gasteiger partial charge on any atom is 0.157 e. The zero-order chi connectivity index (χ0) is 25.6. The summed E-state index contributed by atoms with van der Waals surface area (Å²) >= 11 is 1.58. The summed E-state index contributed by atoms with van der Waals surface area (Å²) in [6, 6.07) is 0. The van der Waals surface area contributed by atoms with Crippen LogP contribution in [-0.4, -0.2) is 50.7 Å². The molecule has 0 fully saturated rings. The third-order valence-corrected chi connectivity index (χ3v) is 7.95. The summed E-state index contributed by atoms with van der Waals surface area (Å²) in [6.45, 7) is 13.0. The Bertz CT molecular complexity index is 874. The van der Waals surface area contributed by atoms with Crippen molar-refractivity contribution in [3.05, 3.63) is 33.3 Å². The zero-order valence-corrected chi connectivity index (χ0v) is 22.6. The van der Waals surface area contributed by atoms with Crippen molar-refractivity contribution in [3.63, 3.8) is 0 Å². The molecule has 0 amide bonds. The number of carbonyl (C=O) groups excluding carboxylic acids is 1. The largest absolute Gasteiger partial charge is 0.392 e. The number of hydrogen-bond donors (Lipinski definition) is 3. The molecule has 3 N–H and O–H groups in total. The molecule has 0 radical (unpaired) electrons. The Morgan fingerprint density at radius 3 is 2.53 bits per heavy atom. The molecule has 6 nitrogen and oxygen atoms in total. The van der Waals surface area contributed by atoms with E-state index in [4.69, 9.17) is 4.74 Å². The normalized spacial score (nSPS) is 34.5. The highest BCUT2D eigenvalue weighted by atomic mass is 32.1. The predicted molar refractivity (Wildman–Crippen MR) is 137 cm³/mol. The number of hydrogen-bond acceptors (Lipinski definition) is 7. The number of carbonyl (C=O) groups is 1. The lowest BCUT2D eigenvalue weighted by atomic mass is 9.73. The molecule has 7 heteroatoms. The van der Waals surface area contributed by atoms with Gasteiger partial charge in [-0.3, -0.25) is 4.79 Å². The summed E-state index contributed by atoms with van der Waals surface area (Å²) in [6.07, 6.45) is 3.70. The zero-order valence-electron chi connectivity index (χ0n) is 21.7. The summed E-state index contributed by atoms with van der Waals surface area (Å²) < 4.78 is 6.00. The smallest absolute Gasteiger partial charge is 0.157 e. The Balaban J connectivity index is 2.32. The highest BCUT2D eigenvalue weighted by Crippen LogP contribution is 2.33. The summed E-state index contributed by atoms with van der Waals surface area (Å²) in [5.74, 6) is -0.844. The minimum atomic E-state index is -1.24. The summed E-state index contributed by atoms with van der Waals surface area (Å²) in [5.41, 5.74) is 1.89. The monoisotopic (exact) mass is 493 g/mol. The van der Waals surface area contributed by atoms with Gasteiger partial charge >= 0.3 is 0 Å². The Morgan fingerprint density at radius 2 is 1.91 bits per heavy atom. The van der Waals surface area contributed by atoms with E-state index in [2.05, 4.69) is 18.0 Å². The van der Waals surface area contributed by atoms with Crippen LogP contribution in [0.15, 0.2) is 22.6 Å². The van der Waals surface area contributed by atoms with Crippen LogP contribution in [0.5, 0.6) is 0 Å². The number of aliphatic hydroxyl groups excluding tert-OH is 3. The maximum atomic E-state index is 13.2. The molecule has 0 aromatic carbocycles. The van der Waals surface area contributed by atoms with Crippen molar-refractivity contribution >= 4 is 23.2 Å². The Labute approximate surface area is 208 Å². The van der Waals surface area contributed by atoms with Crippen LogP contribution in [-0.2, 0) is 9.53 Å². The van der Waals surface area contributed by atoms with Crippen molar-refractivity contribution in [2.75, 3.05) is 0 Å². The molecule has 2 rings (SSSR count). The van der Waals surface area contributed by atoms with Crippen molar-refractivity contribution in [2.24, 2.45) is 17.3 Å². The molecule has 2 heterocycles. The molecule has 34 heavy (non-hydrogen) atoms. The summed E-state index contributed by atoms with van der Waals surface area (Å²) in [4.78, 5) is 17.7. The van der Waals surface area contributed by atoms with E-state index in [0.717, 1.165) is 35.5 Å². The first-order chi connectivity index (χ1) is 15.8. The third kappa shape index (κ3) is 7.82. The van der Waals surface area contributed by atoms with Gasteiger partial charge in [-0.1, -0.05) is 39.3 Å². The lowest BCUT2D eigenvalue weighted by Crippen LogP contribution is -2.46. The predicted octanol–water partition coefficient (Wildman–Crippen LogP) is 5.06. The highest BCUT2D eigenvalue weighted by molar-refractivity contribution is 7.09. The first kappa shape index (κ1) is 28.9. The number of nitrogens with zero attached hydrogens (tertiary/aromatic N) is 1. The minimum absolute atomic E-state index is 0.0268. The van der Waals surface area contributed by atoms with Crippen molar-refractivity contribution in [1.82, 2.24) is 4.98 Å². The van der Waals surface area contributed by atoms with Crippen LogP contribution in [0.1, 0.15) is 84.3 Å². The first-order valence-corrected chi connectivity index (χ1v) is 13.2. The highest BCUT2D eigenvalue weighted by Gasteiger charge is 2.42. The number of ether oxygens (including phenoxy) is 1. The van der Waals surface area contributed by atoms with Gasteiger partial charge in [0.25, 0.3) is 0 Å². The van der Waals surface area contributed by atoms with E-state index >= 15 is 0 Å². The van der Waals surface area contributed by atoms with Crippen molar-refractivity contribution in [2.45, 2.75) is 105 Å². The number of Topliss-reactive ketones (excluding diaryl/α,β-unsaturated/α-hetero) is 1. The molecule has 0 spiro atoms. The third-order valence-electron chi connectivity index (χ3n) is 7.15. The SMILES string of the molecule is C/C1=C/CC(/C(C)=C/c2csc(C)n2)OC(O)C[C@H](O)C(C)(C)C(=O)[C@H](C)C(O)C(C)CCC1. The van der Waals surface area contributed by atoms with E-state index in [9.17, 15) is 20.1 Å². The molecule has 0 bridgehead atoms. The van der Waals surface area contributed by atoms with Crippen molar-refractivity contribution in [1.29, 1.82) is 0 Å². The molecule has 1 aromatic rings. The molecular weight excluding hydrogens is 450 g/mol. The van der Waals surface area contributed by atoms with Gasteiger partial charge in [-0.15, -0.1) is 11.3 Å². The maximum absolute atomic E-state index is 13.2. The topological polar surface area (TPSA) is 99.9 Å². The number of aryl methyl sites for hydroxylation is 1. The molecule has 4 unspecified atom stereocenters. The van der Waals surface area contributed by atoms with Crippen LogP contribution in [0.3, 0.4) is 0 Å². The number of aliphatic hydroxyl groups is 3. The average Bonchev–Trinajstić information content (AvgIpc) is 3.18. The van der Waals surface area contributed by atoms with E-state index in [1.807, 2.05) is 32.2 Å². The summed E-state index contributed by atoms with van der Waals surface area (Å²) in [5, 5.41) is 35.4. The van der Waals surface area contributed by atoms with Gasteiger partial charge in [-0.25, -0.2) is 4.98 Å². The fraction of sp³-hybridized carbons (Fsp3) is 0.704. The second-order valence-electron chi connectivity index (χ2n) is 10.5. The van der Waals surface area contributed by atoms with Crippen LogP contribution in [0.4, 0.5) is 0 Å². The number of thiazole rings is 1. The number of rotatable bonds is 2. The molecule has 6 atom stereocenters. The molecule has 192 valence electrons. The average molecular weight is 494 g/mol. The Hall–Kier alpha value is -1.38. The lowest BCUT2D eigenvalue weighted by molar-refractivity contribution is -0.161. The van der Waals surface area contributed by atoms with Gasteiger partial charge in [-0.2, -0.15) is 0 Å². The van der Waals surface area contributed by atoms with Gasteiger partial charge in [0.05, 0.1) is 29.0 Å². The van der Waals surface area contributed by atoms with E-state index < -0.39 is 29.8 Å². The second kappa shape index (κ2) is 12.5. The van der Waals surface area contributed by atoms with Crippen LogP contribution in [0.2, 0.25) is 0 Å². The van der Waals surface area contributed by atoms with Crippen LogP contribution in [0.25, 0.3) is 6.08 Å². The van der Waals surface area contributed by atoms with E-state index in [1.54, 1.807) is 32.1 Å². The van der Waals surface area contributed by atoms with Gasteiger partial charge in [0.2, 0.25) is 0 Å². The molecular formula is C27H43NO5S. The van der Waals surface area contributed by atoms with Crippen LogP contribution < -0.4 is 0 Å². The van der Waals surface area contributed by atoms with Gasteiger partial charge in [0, 0.05) is 23.1 Å². The first-order valence-electron chi connectivity index (χ1n) is 12.3. The standard InChI is InChI=1S/C27H43NO5S/c1-16-9-8-10-17(2)25(31)19(4)26(32)27(6,7)23(29)14-24(30)33-22(12-11-16)18(3)13-21-15-34-20(5)28-21/h11,13,15,17,19,22-25,29-31H,8-10,12,14H2,1-7H3/b16-11-,18-13+/t17?,19-,22?,23+,24?,25?/m1/s1. The van der Waals surface area contributed by atoms with Crippen LogP contribution >= 0.6 is 11.3 Å². The molecule has 0 saturated heterocycles. The summed E-state index contributed by atoms with van der Waals surface area (Å²) in [7, 11) is 0. The van der Waals surface area contributed by atoms with Gasteiger partial charge in [-0.05, 0) is 64.0 Å². The van der Waals surface area contributed by atoms with E-state index in [0.29, 0.717) is 6.42 Å². The van der Waals surface area contributed by atoms with Crippen molar-refractivity contribution in [3.8, 4) is 0 Å². The second-order valence-corrected chi connectivity index (χ2v) is 11.6. The quantitative estimate of drug-likeness (QED) is 0.498. The minimum Gasteiger partial charge on any atom is -0.392 e. The van der Waals surface area contributed by atoms with Gasteiger partial charge in [0.15, 0.2) is 6.29 Å². The molecule has 1 aliphatic rings. The molecule has 0 saturated carbocycles. The van der Waals surface area contributed by atoms with Crippen LogP contribution in [0, 0.1) is 24.2 Å². The van der Waals surface area contributed by atoms with E-state index in [1.165, 1.54) is 5.57 Å².